The topological polar surface area (TPSA) is 521 Å². The average molecular weight is 1060 g/mol. The fourth-order valence-electron chi connectivity index (χ4n) is 9.33. The molecule has 22 heterocycles. The number of aliphatic hydroxyl groups is 19. The molecule has 22 rings (SSSR count). The molecular weight excluding hydrogens is 996 g/mol. The maximum absolute atomic E-state index is 12.9. The number of carbonyl (C=O) groups excluding carboxylic acids is 1. The fraction of sp³-hybridized carbons (Fsp3) is 0.974. The molecule has 0 amide bonds. The molecule has 0 aliphatic carbocycles. The molecule has 1 unspecified atom stereocenters. The van der Waals surface area contributed by atoms with Gasteiger partial charge in [0.15, 0.2) is 49.9 Å². The third-order valence-corrected chi connectivity index (χ3v) is 13.3. The average Bonchev–Trinajstić information content (AvgIpc) is 3.37. The molecule has 33 nitrogen and oxygen atoms in total. The van der Waals surface area contributed by atoms with E-state index in [1.54, 1.807) is 0 Å². The van der Waals surface area contributed by atoms with Gasteiger partial charge in [-0.2, -0.15) is 0 Å². The van der Waals surface area contributed by atoms with Gasteiger partial charge < -0.3 is 159 Å². The lowest BCUT2D eigenvalue weighted by atomic mass is 9.94. The highest BCUT2D eigenvalue weighted by Gasteiger charge is 2.59. The number of hydrogen-bond acceptors (Lipinski definition) is 33. The number of aliphatic hydroxyl groups excluding tert-OH is 19. The van der Waals surface area contributed by atoms with Crippen molar-refractivity contribution < 1.29 is 163 Å². The summed E-state index contributed by atoms with van der Waals surface area (Å²) in [5.74, 6) is -1.62. The Morgan fingerprint density at radius 2 is 0.528 bits per heavy atom. The molecule has 0 aromatic heterocycles. The molecule has 22 aliphatic heterocycles. The van der Waals surface area contributed by atoms with Gasteiger partial charge in [-0.05, 0) is 0 Å². The summed E-state index contributed by atoms with van der Waals surface area (Å²) in [4.78, 5) is 12.9. The number of esters is 1. The standard InChI is InChI=1S/C39H64O33/c40-1-8(47)33(59)66-32-25(58)39-65-14(7-46)31(32)72-38-24(57)19(52)29(12(5-44)64-38)70-36-22(55)17(50)27(10(3-42)62-36)68-34-20(53)15(48)26(9(2-41)60-34)67-35-21(54)16(49)28(11(4-43)61-35)69-37-23(56)18(51)30(71-39)13(6-45)63-37/h8-32,34-58H,1-7H2/t8?,9-,10-,11-,12-,13-,14-,15-,16-,17-,18-,19-,20-,21-,22-,23-,24-,25-,26-,27-,28-,29-,30-,31+,32-,34-,35-,36-,37-,38-,39-/m1/s1. The third-order valence-electron chi connectivity index (χ3n) is 13.3. The van der Waals surface area contributed by atoms with Crippen LogP contribution < -0.4 is 0 Å². The minimum absolute atomic E-state index is 1.02. The summed E-state index contributed by atoms with van der Waals surface area (Å²) < 4.78 is 73.6. The molecule has 22 fully saturated rings. The first-order valence-electron chi connectivity index (χ1n) is 22.8. The molecule has 0 radical (unpaired) electrons. The van der Waals surface area contributed by atoms with Crippen LogP contribution in [0.25, 0.3) is 0 Å². The van der Waals surface area contributed by atoms with Crippen LogP contribution in [0, 0.1) is 0 Å². The number of hydrogen-bond donors (Lipinski definition) is 19. The molecule has 0 aromatic carbocycles. The van der Waals surface area contributed by atoms with E-state index in [4.69, 9.17) is 61.6 Å². The monoisotopic (exact) mass is 1060 g/mol. The minimum atomic E-state index is -2.35. The first kappa shape index (κ1) is 57.9. The van der Waals surface area contributed by atoms with Crippen LogP contribution in [0.5, 0.6) is 0 Å². The maximum Gasteiger partial charge on any atom is 0.337 e. The molecular formula is C39H64O33. The largest absolute Gasteiger partial charge is 0.455 e. The van der Waals surface area contributed by atoms with Crippen LogP contribution in [0.15, 0.2) is 0 Å². The molecule has 22 saturated heterocycles. The predicted octanol–water partition coefficient (Wildman–Crippen LogP) is -14.2. The summed E-state index contributed by atoms with van der Waals surface area (Å²) in [6.07, 6.45) is -63.4. The molecule has 31 atom stereocenters. The van der Waals surface area contributed by atoms with Gasteiger partial charge in [0, 0.05) is 0 Å². The number of ether oxygens (including phenoxy) is 13. The summed E-state index contributed by atoms with van der Waals surface area (Å²) >= 11 is 0. The van der Waals surface area contributed by atoms with E-state index in [1.807, 2.05) is 0 Å². The van der Waals surface area contributed by atoms with Gasteiger partial charge in [0.2, 0.25) is 0 Å². The first-order chi connectivity index (χ1) is 34.3. The van der Waals surface area contributed by atoms with Crippen LogP contribution in [0.4, 0.5) is 0 Å². The third kappa shape index (κ3) is 11.4. The van der Waals surface area contributed by atoms with Crippen molar-refractivity contribution in [3.8, 4) is 0 Å². The molecule has 418 valence electrons. The van der Waals surface area contributed by atoms with Crippen molar-refractivity contribution in [1.29, 1.82) is 0 Å². The molecule has 0 spiro atoms. The Morgan fingerprint density at radius 1 is 0.319 bits per heavy atom. The smallest absolute Gasteiger partial charge is 0.337 e. The molecule has 33 heteroatoms. The predicted molar refractivity (Wildman–Crippen MR) is 213 cm³/mol. The van der Waals surface area contributed by atoms with Crippen LogP contribution in [0.1, 0.15) is 0 Å². The SMILES string of the molecule is O=C(O[C@@H]1[C@@H](O)[C@H]2O[C@H]3[C@H](O)[C@@H](O)[C@@H](O[C@H]4[C@H](O)[C@@H](O)[C@@H](O[C@H]5[C@H](O)[C@@H](O)[C@@H](O[C@H]6[C@H](O)[C@@H](O)[C@@H](O[C@H]7[C@H](O)[C@@H](O)[C@@H](O[C@H]1[C@@H](CO)O2)O[C@@H]7CO)O[C@@H]6CO)O[C@@H]5CO)O[C@@H]4CO)O[C@@H]3CO)C(O)CO. The van der Waals surface area contributed by atoms with Gasteiger partial charge in [-0.1, -0.05) is 0 Å². The van der Waals surface area contributed by atoms with E-state index in [1.165, 1.54) is 0 Å². The highest BCUT2D eigenvalue weighted by atomic mass is 16.8. The lowest BCUT2D eigenvalue weighted by molar-refractivity contribution is -0.404. The van der Waals surface area contributed by atoms with Gasteiger partial charge >= 0.3 is 5.97 Å². The Kier molecular flexibility index (Phi) is 19.9. The van der Waals surface area contributed by atoms with Crippen LogP contribution >= 0.6 is 0 Å². The second-order valence-electron chi connectivity index (χ2n) is 18.0. The van der Waals surface area contributed by atoms with Gasteiger partial charge in [-0.15, -0.1) is 0 Å². The Hall–Kier alpha value is -1.77. The quantitative estimate of drug-likeness (QED) is 0.0954. The Labute approximate surface area is 405 Å². The van der Waals surface area contributed by atoms with E-state index in [9.17, 15) is 102 Å². The Balaban J connectivity index is 1.23. The molecule has 72 heavy (non-hydrogen) atoms. The lowest BCUT2D eigenvalue weighted by Crippen LogP contribution is -2.69. The second-order valence-corrected chi connectivity index (χ2v) is 18.0. The van der Waals surface area contributed by atoms with Gasteiger partial charge in [0.25, 0.3) is 0 Å². The Bertz CT molecular complexity index is 1690. The molecule has 12 bridgehead atoms. The highest BCUT2D eigenvalue weighted by molar-refractivity contribution is 5.74. The number of rotatable bonds is 9. The van der Waals surface area contributed by atoms with Gasteiger partial charge in [-0.25, -0.2) is 4.79 Å². The normalized spacial score (nSPS) is 52.1. The van der Waals surface area contributed by atoms with Crippen LogP contribution in [0.3, 0.4) is 0 Å². The zero-order chi connectivity index (χ0) is 52.6. The highest BCUT2D eigenvalue weighted by Crippen LogP contribution is 2.38. The van der Waals surface area contributed by atoms with Crippen molar-refractivity contribution >= 4 is 5.97 Å². The zero-order valence-corrected chi connectivity index (χ0v) is 37.6. The zero-order valence-electron chi connectivity index (χ0n) is 37.6. The van der Waals surface area contributed by atoms with Crippen LogP contribution in [-0.4, -0.2) is 340 Å². The molecule has 22 aliphatic rings. The summed E-state index contributed by atoms with van der Waals surface area (Å²) in [5.41, 5.74) is 0. The summed E-state index contributed by atoms with van der Waals surface area (Å²) in [6, 6.07) is 0. The van der Waals surface area contributed by atoms with E-state index in [-0.39, 0.29) is 0 Å². The molecule has 0 saturated carbocycles. The van der Waals surface area contributed by atoms with Crippen molar-refractivity contribution in [2.75, 3.05) is 46.2 Å². The van der Waals surface area contributed by atoms with Gasteiger partial charge in [0.05, 0.1) is 46.2 Å². The summed E-state index contributed by atoms with van der Waals surface area (Å²) in [7, 11) is 0. The molecule has 19 N–H and O–H groups in total. The van der Waals surface area contributed by atoms with Gasteiger partial charge in [0.1, 0.15) is 140 Å². The van der Waals surface area contributed by atoms with Crippen molar-refractivity contribution in [1.82, 2.24) is 0 Å². The van der Waals surface area contributed by atoms with Crippen LogP contribution in [0.2, 0.25) is 0 Å². The van der Waals surface area contributed by atoms with Gasteiger partial charge in [-0.3, -0.25) is 0 Å². The van der Waals surface area contributed by atoms with E-state index >= 15 is 0 Å². The van der Waals surface area contributed by atoms with E-state index in [2.05, 4.69) is 0 Å². The lowest BCUT2D eigenvalue weighted by Gasteiger charge is -2.51. The number of carbonyl (C=O) groups is 1. The van der Waals surface area contributed by atoms with Crippen molar-refractivity contribution in [3.63, 3.8) is 0 Å². The van der Waals surface area contributed by atoms with E-state index < -0.39 is 243 Å². The van der Waals surface area contributed by atoms with Crippen LogP contribution in [-0.2, 0) is 66.4 Å². The summed E-state index contributed by atoms with van der Waals surface area (Å²) in [5, 5.41) is 206. The van der Waals surface area contributed by atoms with E-state index in [0.717, 1.165) is 0 Å². The first-order valence-corrected chi connectivity index (χ1v) is 22.8. The fourth-order valence-corrected chi connectivity index (χ4v) is 9.33. The minimum Gasteiger partial charge on any atom is -0.455 e. The second kappa shape index (κ2) is 24.7. The maximum atomic E-state index is 12.9. The van der Waals surface area contributed by atoms with E-state index in [0.29, 0.717) is 0 Å². The van der Waals surface area contributed by atoms with Crippen molar-refractivity contribution in [2.45, 2.75) is 190 Å². The Morgan fingerprint density at radius 3 is 0.750 bits per heavy atom. The van der Waals surface area contributed by atoms with Crippen molar-refractivity contribution in [3.05, 3.63) is 0 Å². The van der Waals surface area contributed by atoms with Crippen molar-refractivity contribution in [2.24, 2.45) is 0 Å². The summed E-state index contributed by atoms with van der Waals surface area (Å²) in [6.45, 7) is -7.63. The molecule has 0 aromatic rings.